The molecule has 2 atom stereocenters. The molecule has 0 spiro atoms. The Bertz CT molecular complexity index is 878. The largest absolute Gasteiger partial charge is 0.389 e. The van der Waals surface area contributed by atoms with Gasteiger partial charge in [-0.15, -0.1) is 0 Å². The van der Waals surface area contributed by atoms with Crippen LogP contribution in [0.4, 0.5) is 0 Å². The van der Waals surface area contributed by atoms with Crippen LogP contribution < -0.4 is 22.1 Å². The lowest BCUT2D eigenvalue weighted by Gasteiger charge is -2.28. The van der Waals surface area contributed by atoms with Gasteiger partial charge in [0.25, 0.3) is 0 Å². The summed E-state index contributed by atoms with van der Waals surface area (Å²) in [5, 5.41) is 12.3. The van der Waals surface area contributed by atoms with Crippen molar-refractivity contribution in [3.05, 3.63) is 73.0 Å². The Labute approximate surface area is 266 Å². The van der Waals surface area contributed by atoms with E-state index in [2.05, 4.69) is 65.5 Å². The maximum Gasteiger partial charge on any atom is 0.195 e. The molecule has 0 aromatic rings. The van der Waals surface area contributed by atoms with Crippen molar-refractivity contribution in [1.29, 1.82) is 5.41 Å². The van der Waals surface area contributed by atoms with Gasteiger partial charge in [0, 0.05) is 25.3 Å². The van der Waals surface area contributed by atoms with Gasteiger partial charge >= 0.3 is 0 Å². The number of aliphatic imine (C=N–C) groups is 2. The molecule has 1 fully saturated rings. The smallest absolute Gasteiger partial charge is 0.195 e. The quantitative estimate of drug-likeness (QED) is 0.0877. The van der Waals surface area contributed by atoms with E-state index in [-0.39, 0.29) is 0 Å². The Balaban J connectivity index is -0.000000834. The van der Waals surface area contributed by atoms with E-state index in [4.69, 9.17) is 16.9 Å². The van der Waals surface area contributed by atoms with Gasteiger partial charge in [0.05, 0.1) is 0 Å². The van der Waals surface area contributed by atoms with Crippen LogP contribution in [0.5, 0.6) is 0 Å². The fourth-order valence-electron chi connectivity index (χ4n) is 4.36. The molecule has 0 bridgehead atoms. The van der Waals surface area contributed by atoms with Crippen molar-refractivity contribution in [2.24, 2.45) is 33.3 Å². The summed E-state index contributed by atoms with van der Waals surface area (Å²) >= 11 is 0. The van der Waals surface area contributed by atoms with Crippen LogP contribution in [-0.2, 0) is 0 Å². The van der Waals surface area contributed by atoms with Crippen molar-refractivity contribution < 1.29 is 0 Å². The molecule has 2 aliphatic rings. The lowest BCUT2D eigenvalue weighted by molar-refractivity contribution is 0.269. The second-order valence-electron chi connectivity index (χ2n) is 9.91. The van der Waals surface area contributed by atoms with E-state index < -0.39 is 0 Å². The van der Waals surface area contributed by atoms with Crippen LogP contribution in [0.3, 0.4) is 0 Å². The molecule has 2 aliphatic carbocycles. The maximum absolute atomic E-state index is 6.08. The van der Waals surface area contributed by atoms with Gasteiger partial charge < -0.3 is 22.2 Å². The second-order valence-corrected chi connectivity index (χ2v) is 9.91. The summed E-state index contributed by atoms with van der Waals surface area (Å²) in [6.07, 6.45) is 23.9. The summed E-state index contributed by atoms with van der Waals surface area (Å²) in [5.74, 6) is 1.97. The third-order valence-electron chi connectivity index (χ3n) is 6.25. The fraction of sp³-hybridized carbons (Fsp3) is 0.583. The highest BCUT2D eigenvalue weighted by atomic mass is 15.2. The summed E-state index contributed by atoms with van der Waals surface area (Å²) in [6, 6.07) is 0. The zero-order valence-corrected chi connectivity index (χ0v) is 28.9. The van der Waals surface area contributed by atoms with E-state index in [9.17, 15) is 0 Å². The molecule has 7 nitrogen and oxygen atoms in total. The lowest BCUT2D eigenvalue weighted by atomic mass is 9.81. The van der Waals surface area contributed by atoms with Crippen molar-refractivity contribution in [2.75, 3.05) is 19.6 Å². The average molecular weight is 598 g/mol. The maximum atomic E-state index is 6.08. The molecule has 0 aliphatic heterocycles. The normalized spacial score (nSPS) is 17.7. The first-order chi connectivity index (χ1) is 20.8. The number of nitrogens with two attached hydrogens (primary N) is 2. The molecule has 0 radical (unpaired) electrons. The topological polar surface area (TPSA) is 125 Å². The first-order valence-electron chi connectivity index (χ1n) is 16.3. The number of hydrogen-bond donors (Lipinski definition) is 5. The second kappa shape index (κ2) is 33.2. The van der Waals surface area contributed by atoms with Gasteiger partial charge in [-0.05, 0) is 82.4 Å². The zero-order chi connectivity index (χ0) is 33.3. The molecule has 2 unspecified atom stereocenters. The van der Waals surface area contributed by atoms with E-state index in [1.807, 2.05) is 46.8 Å². The molecule has 0 amide bonds. The van der Waals surface area contributed by atoms with E-state index >= 15 is 0 Å². The van der Waals surface area contributed by atoms with Crippen molar-refractivity contribution in [3.63, 3.8) is 0 Å². The van der Waals surface area contributed by atoms with E-state index in [1.54, 1.807) is 13.0 Å². The molecule has 0 aromatic carbocycles. The number of hydrogen-bond acceptors (Lipinski definition) is 4. The summed E-state index contributed by atoms with van der Waals surface area (Å²) in [4.78, 5) is 8.81. The molecular formula is C36H67N7. The highest BCUT2D eigenvalue weighted by Gasteiger charge is 2.21. The Kier molecular flexibility index (Phi) is 34.0. The monoisotopic (exact) mass is 598 g/mol. The van der Waals surface area contributed by atoms with Crippen LogP contribution in [0.25, 0.3) is 0 Å². The Hall–Kier alpha value is -3.35. The standard InChI is InChI=1S/C21H36N6.C9H14.C2H5N.2C2H6/c1-16(2)25-14-18-9-6-10-19(13-18)15-26-21(23)27-20(22)24-12-11-17-7-4-3-5-8-17;1-4-7-9(6-3)8-5-2;1-2-3;2*1-2/h4,7-8,18-19,25H,1,3,5-6,9-15H2,2H3,(H5,22,23,24,26,27);4,6-7H,1,3,5,8H2,2H3;2-3H,1H3;2*1-2H3/b;9-7+;;;. The van der Waals surface area contributed by atoms with Crippen molar-refractivity contribution in [1.82, 2.24) is 10.6 Å². The average Bonchev–Trinajstić information content (AvgIpc) is 3.02. The van der Waals surface area contributed by atoms with Crippen LogP contribution >= 0.6 is 0 Å². The van der Waals surface area contributed by atoms with Crippen molar-refractivity contribution in [2.45, 2.75) is 106 Å². The molecule has 246 valence electrons. The molecule has 7 heteroatoms. The number of nitrogens with one attached hydrogen (secondary N) is 3. The molecular weight excluding hydrogens is 530 g/mol. The summed E-state index contributed by atoms with van der Waals surface area (Å²) in [5.41, 5.74) is 15.5. The molecule has 0 heterocycles. The predicted octanol–water partition coefficient (Wildman–Crippen LogP) is 8.59. The Morgan fingerprint density at radius 2 is 1.70 bits per heavy atom. The van der Waals surface area contributed by atoms with Gasteiger partial charge in [-0.3, -0.25) is 15.3 Å². The zero-order valence-electron chi connectivity index (χ0n) is 28.9. The van der Waals surface area contributed by atoms with Crippen LogP contribution in [0.2, 0.25) is 0 Å². The minimum absolute atomic E-state index is 0.337. The molecule has 2 rings (SSSR count). The third-order valence-corrected chi connectivity index (χ3v) is 6.25. The van der Waals surface area contributed by atoms with Crippen LogP contribution in [-0.4, -0.2) is 37.8 Å². The summed E-state index contributed by atoms with van der Waals surface area (Å²) < 4.78 is 0. The van der Waals surface area contributed by atoms with E-state index in [1.165, 1.54) is 49.5 Å². The minimum Gasteiger partial charge on any atom is -0.389 e. The van der Waals surface area contributed by atoms with Gasteiger partial charge in [0.1, 0.15) is 0 Å². The van der Waals surface area contributed by atoms with E-state index in [0.29, 0.717) is 30.3 Å². The SMILES string of the molecule is C=C(C)NCC1CCCC(CN=C(N)NC(N)=NCCC2=CCCC=C2)C1.C=C/C=C(\C=C)CCC.CC.CC.CC=N. The number of guanidine groups is 2. The number of rotatable bonds is 12. The molecule has 7 N–H and O–H groups in total. The number of nitrogens with zero attached hydrogens (tertiary/aromatic N) is 2. The van der Waals surface area contributed by atoms with Gasteiger partial charge in [-0.1, -0.05) is 109 Å². The molecule has 1 saturated carbocycles. The summed E-state index contributed by atoms with van der Waals surface area (Å²) in [6.45, 7) is 27.4. The summed E-state index contributed by atoms with van der Waals surface area (Å²) in [7, 11) is 0. The van der Waals surface area contributed by atoms with Crippen LogP contribution in [0, 0.1) is 17.2 Å². The Morgan fingerprint density at radius 3 is 2.23 bits per heavy atom. The molecule has 0 aromatic heterocycles. The van der Waals surface area contributed by atoms with E-state index in [0.717, 1.165) is 44.5 Å². The Morgan fingerprint density at radius 1 is 1.07 bits per heavy atom. The fourth-order valence-corrected chi connectivity index (χ4v) is 4.36. The van der Waals surface area contributed by atoms with Crippen molar-refractivity contribution >= 4 is 18.1 Å². The van der Waals surface area contributed by atoms with Gasteiger partial charge in [0.15, 0.2) is 11.9 Å². The van der Waals surface area contributed by atoms with Gasteiger partial charge in [-0.2, -0.15) is 0 Å². The minimum atomic E-state index is 0.337. The van der Waals surface area contributed by atoms with Crippen molar-refractivity contribution in [3.8, 4) is 0 Å². The third kappa shape index (κ3) is 28.5. The lowest BCUT2D eigenvalue weighted by Crippen LogP contribution is -2.42. The highest BCUT2D eigenvalue weighted by molar-refractivity contribution is 5.97. The predicted molar refractivity (Wildman–Crippen MR) is 196 cm³/mol. The molecule has 43 heavy (non-hydrogen) atoms. The van der Waals surface area contributed by atoms with Gasteiger partial charge in [0.2, 0.25) is 0 Å². The van der Waals surface area contributed by atoms with Crippen LogP contribution in [0.15, 0.2) is 83.0 Å². The van der Waals surface area contributed by atoms with Gasteiger partial charge in [-0.25, -0.2) is 0 Å². The highest BCUT2D eigenvalue weighted by Crippen LogP contribution is 2.29. The molecule has 0 saturated heterocycles. The first-order valence-corrected chi connectivity index (χ1v) is 16.3. The van der Waals surface area contributed by atoms with Crippen LogP contribution in [0.1, 0.15) is 106 Å². The number of allylic oxidation sites excluding steroid dienone is 8. The first kappa shape index (κ1) is 44.1.